The first kappa shape index (κ1) is 15.0. The van der Waals surface area contributed by atoms with Gasteiger partial charge in [-0.1, -0.05) is 13.0 Å². The molecule has 114 valence electrons. The van der Waals surface area contributed by atoms with Crippen molar-refractivity contribution >= 4 is 22.7 Å². The van der Waals surface area contributed by atoms with Crippen LogP contribution in [-0.4, -0.2) is 22.1 Å². The zero-order valence-corrected chi connectivity index (χ0v) is 14.2. The minimum Gasteiger partial charge on any atom is -0.344 e. The number of benzene rings is 1. The molecule has 1 fully saturated rings. The largest absolute Gasteiger partial charge is 0.344 e. The lowest BCUT2D eigenvalue weighted by atomic mass is 10.1. The molecule has 1 N–H and O–H groups in total. The molecule has 2 aromatic rings. The topological polar surface area (TPSA) is 17.0 Å². The van der Waals surface area contributed by atoms with Crippen LogP contribution in [0.25, 0.3) is 10.9 Å². The summed E-state index contributed by atoms with van der Waals surface area (Å²) in [6.45, 7) is 8.88. The van der Waals surface area contributed by atoms with Crippen molar-refractivity contribution in [3.8, 4) is 0 Å². The van der Waals surface area contributed by atoms with Crippen molar-refractivity contribution in [2.24, 2.45) is 0 Å². The first-order valence-corrected chi connectivity index (χ1v) is 9.25. The number of fused-ring (bicyclic) bond motifs is 1. The summed E-state index contributed by atoms with van der Waals surface area (Å²) < 4.78 is 2.49. The number of hydrogen-bond donors (Lipinski definition) is 1. The van der Waals surface area contributed by atoms with Gasteiger partial charge in [0.15, 0.2) is 0 Å². The molecule has 1 saturated carbocycles. The van der Waals surface area contributed by atoms with Crippen molar-refractivity contribution in [2.75, 3.05) is 11.5 Å². The second-order valence-electron chi connectivity index (χ2n) is 6.07. The van der Waals surface area contributed by atoms with E-state index in [1.165, 1.54) is 52.1 Å². The third-order valence-corrected chi connectivity index (χ3v) is 5.42. The normalized spacial score (nSPS) is 15.0. The molecular weight excluding hydrogens is 276 g/mol. The van der Waals surface area contributed by atoms with E-state index in [0.717, 1.165) is 19.1 Å². The molecule has 1 aliphatic rings. The van der Waals surface area contributed by atoms with Crippen LogP contribution in [0, 0.1) is 13.8 Å². The third-order valence-electron chi connectivity index (χ3n) is 4.54. The molecule has 1 aromatic heterocycles. The summed E-state index contributed by atoms with van der Waals surface area (Å²) in [4.78, 5) is 0. The Bertz CT molecular complexity index is 626. The van der Waals surface area contributed by atoms with E-state index in [2.05, 4.69) is 48.9 Å². The highest BCUT2D eigenvalue weighted by Crippen LogP contribution is 2.27. The summed E-state index contributed by atoms with van der Waals surface area (Å²) in [5, 5.41) is 5.04. The van der Waals surface area contributed by atoms with Gasteiger partial charge in [0.25, 0.3) is 0 Å². The Balaban J connectivity index is 1.84. The van der Waals surface area contributed by atoms with Crippen LogP contribution in [0.1, 0.15) is 36.6 Å². The molecular formula is C18H26N2S. The number of nitrogens with one attached hydrogen (secondary N) is 1. The number of thioether (sulfide) groups is 1. The number of nitrogens with zero attached hydrogens (tertiary/aromatic N) is 1. The van der Waals surface area contributed by atoms with Gasteiger partial charge in [-0.15, -0.1) is 0 Å². The Morgan fingerprint density at radius 3 is 2.81 bits per heavy atom. The first-order valence-electron chi connectivity index (χ1n) is 8.10. The van der Waals surface area contributed by atoms with E-state index in [1.807, 2.05) is 11.8 Å². The maximum atomic E-state index is 3.61. The van der Waals surface area contributed by atoms with E-state index in [0.29, 0.717) is 0 Å². The van der Waals surface area contributed by atoms with E-state index >= 15 is 0 Å². The van der Waals surface area contributed by atoms with Gasteiger partial charge in [0.2, 0.25) is 0 Å². The molecule has 0 atom stereocenters. The van der Waals surface area contributed by atoms with Crippen LogP contribution in [0.4, 0.5) is 0 Å². The predicted octanol–water partition coefficient (Wildman–Crippen LogP) is 4.26. The molecule has 0 unspecified atom stereocenters. The van der Waals surface area contributed by atoms with Gasteiger partial charge in [-0.05, 0) is 55.7 Å². The van der Waals surface area contributed by atoms with Crippen LogP contribution < -0.4 is 5.32 Å². The zero-order valence-electron chi connectivity index (χ0n) is 13.4. The highest BCUT2D eigenvalue weighted by molar-refractivity contribution is 7.99. The van der Waals surface area contributed by atoms with Gasteiger partial charge >= 0.3 is 0 Å². The Hall–Kier alpha value is -0.930. The smallest absolute Gasteiger partial charge is 0.0485 e. The Kier molecular flexibility index (Phi) is 4.60. The van der Waals surface area contributed by atoms with E-state index in [1.54, 1.807) is 0 Å². The lowest BCUT2D eigenvalue weighted by Crippen LogP contribution is -2.15. The van der Waals surface area contributed by atoms with Crippen LogP contribution in [0.3, 0.4) is 0 Å². The van der Waals surface area contributed by atoms with Gasteiger partial charge in [-0.25, -0.2) is 0 Å². The van der Waals surface area contributed by atoms with Crippen molar-refractivity contribution in [1.29, 1.82) is 0 Å². The third kappa shape index (κ3) is 3.29. The van der Waals surface area contributed by atoms with Crippen molar-refractivity contribution in [1.82, 2.24) is 9.88 Å². The maximum absolute atomic E-state index is 3.61. The average Bonchev–Trinajstić information content (AvgIpc) is 3.29. The molecule has 3 rings (SSSR count). The van der Waals surface area contributed by atoms with Crippen molar-refractivity contribution in [3.05, 3.63) is 35.0 Å². The highest BCUT2D eigenvalue weighted by atomic mass is 32.2. The quantitative estimate of drug-likeness (QED) is 0.770. The average molecular weight is 302 g/mol. The fourth-order valence-electron chi connectivity index (χ4n) is 2.94. The molecule has 3 heteroatoms. The molecule has 1 aliphatic carbocycles. The summed E-state index contributed by atoms with van der Waals surface area (Å²) in [5.41, 5.74) is 5.68. The Morgan fingerprint density at radius 1 is 1.29 bits per heavy atom. The molecule has 0 saturated heterocycles. The van der Waals surface area contributed by atoms with E-state index < -0.39 is 0 Å². The minimum absolute atomic E-state index is 0.777. The fraction of sp³-hybridized carbons (Fsp3) is 0.556. The van der Waals surface area contributed by atoms with Crippen molar-refractivity contribution in [2.45, 2.75) is 52.7 Å². The van der Waals surface area contributed by atoms with Crippen molar-refractivity contribution < 1.29 is 0 Å². The summed E-state index contributed by atoms with van der Waals surface area (Å²) in [7, 11) is 0. The van der Waals surface area contributed by atoms with Crippen molar-refractivity contribution in [3.63, 3.8) is 0 Å². The highest BCUT2D eigenvalue weighted by Gasteiger charge is 2.20. The molecule has 1 aromatic carbocycles. The lowest BCUT2D eigenvalue weighted by molar-refractivity contribution is 0.688. The monoisotopic (exact) mass is 302 g/mol. The first-order chi connectivity index (χ1) is 10.2. The standard InChI is InChI=1S/C18H26N2S/c1-4-21-10-9-20-14(3)13(2)17-11-15(5-8-18(17)20)12-19-16-6-7-16/h5,8,11,16,19H,4,6-7,9-10,12H2,1-3H3. The SMILES string of the molecule is CCSCCn1c(C)c(C)c2cc(CNC3CC3)ccc21. The summed E-state index contributed by atoms with van der Waals surface area (Å²) >= 11 is 2.02. The van der Waals surface area contributed by atoms with Crippen LogP contribution >= 0.6 is 11.8 Å². The molecule has 0 aliphatic heterocycles. The van der Waals surface area contributed by atoms with E-state index in [-0.39, 0.29) is 0 Å². The van der Waals surface area contributed by atoms with E-state index in [9.17, 15) is 0 Å². The lowest BCUT2D eigenvalue weighted by Gasteiger charge is -2.08. The second-order valence-corrected chi connectivity index (χ2v) is 7.46. The molecule has 2 nitrogen and oxygen atoms in total. The molecule has 1 heterocycles. The fourth-order valence-corrected chi connectivity index (χ4v) is 3.55. The molecule has 0 radical (unpaired) electrons. The minimum atomic E-state index is 0.777. The van der Waals surface area contributed by atoms with Crippen LogP contribution in [0.5, 0.6) is 0 Å². The summed E-state index contributed by atoms with van der Waals surface area (Å²) in [6.07, 6.45) is 2.71. The number of aryl methyl sites for hydroxylation is 2. The predicted molar refractivity (Wildman–Crippen MR) is 94.3 cm³/mol. The molecule has 0 amide bonds. The van der Waals surface area contributed by atoms with Crippen LogP contribution in [-0.2, 0) is 13.1 Å². The molecule has 0 spiro atoms. The summed E-state index contributed by atoms with van der Waals surface area (Å²) in [5.74, 6) is 2.40. The van der Waals surface area contributed by atoms with Gasteiger partial charge in [0.1, 0.15) is 0 Å². The zero-order chi connectivity index (χ0) is 14.8. The number of hydrogen-bond acceptors (Lipinski definition) is 2. The van der Waals surface area contributed by atoms with E-state index in [4.69, 9.17) is 0 Å². The molecule has 0 bridgehead atoms. The van der Waals surface area contributed by atoms with Gasteiger partial charge in [-0.2, -0.15) is 11.8 Å². The maximum Gasteiger partial charge on any atom is 0.0485 e. The number of aromatic nitrogens is 1. The van der Waals surface area contributed by atoms with Crippen LogP contribution in [0.15, 0.2) is 18.2 Å². The van der Waals surface area contributed by atoms with Gasteiger partial charge in [-0.3, -0.25) is 0 Å². The second kappa shape index (κ2) is 6.45. The number of rotatable bonds is 7. The Morgan fingerprint density at radius 2 is 2.10 bits per heavy atom. The summed E-state index contributed by atoms with van der Waals surface area (Å²) in [6, 6.07) is 7.77. The molecule has 21 heavy (non-hydrogen) atoms. The van der Waals surface area contributed by atoms with Gasteiger partial charge in [0.05, 0.1) is 0 Å². The Labute approximate surface area is 132 Å². The van der Waals surface area contributed by atoms with Gasteiger partial charge < -0.3 is 9.88 Å². The van der Waals surface area contributed by atoms with Gasteiger partial charge in [0, 0.05) is 41.5 Å². The van der Waals surface area contributed by atoms with Crippen LogP contribution in [0.2, 0.25) is 0 Å².